The summed E-state index contributed by atoms with van der Waals surface area (Å²) in [5.74, 6) is -1.98. The molecule has 0 bridgehead atoms. The van der Waals surface area contributed by atoms with E-state index in [1.807, 2.05) is 0 Å². The highest BCUT2D eigenvalue weighted by atomic mass is 31.2. The maximum absolute atomic E-state index is 14.3. The highest BCUT2D eigenvalue weighted by molar-refractivity contribution is 7.47. The molecule has 1 saturated carbocycles. The van der Waals surface area contributed by atoms with Gasteiger partial charge in [0.15, 0.2) is 18.7 Å². The van der Waals surface area contributed by atoms with Crippen molar-refractivity contribution in [3.63, 3.8) is 0 Å². The molecule has 570 valence electrons. The second kappa shape index (κ2) is 54.4. The van der Waals surface area contributed by atoms with Crippen LogP contribution in [-0.2, 0) is 61.2 Å². The first kappa shape index (κ1) is 88.9. The molecule has 11 N–H and O–H groups in total. The van der Waals surface area contributed by atoms with E-state index < -0.39 is 156 Å². The van der Waals surface area contributed by atoms with E-state index in [9.17, 15) is 74.9 Å². The molecule has 2 aliphatic heterocycles. The summed E-state index contributed by atoms with van der Waals surface area (Å²) in [6, 6.07) is 0. The topological polar surface area (TPSA) is 374 Å². The molecule has 3 aliphatic rings. The van der Waals surface area contributed by atoms with Crippen LogP contribution in [0.25, 0.3) is 0 Å². The average molecular weight is 1410 g/mol. The van der Waals surface area contributed by atoms with E-state index in [-0.39, 0.29) is 19.3 Å². The van der Waals surface area contributed by atoms with Crippen molar-refractivity contribution in [3.8, 4) is 0 Å². The molecule has 0 aromatic carbocycles. The van der Waals surface area contributed by atoms with Crippen molar-refractivity contribution in [1.82, 2.24) is 0 Å². The van der Waals surface area contributed by atoms with E-state index in [0.29, 0.717) is 19.3 Å². The van der Waals surface area contributed by atoms with Gasteiger partial charge in [-0.2, -0.15) is 0 Å². The fourth-order valence-electron chi connectivity index (χ4n) is 12.6. The Labute approximate surface area is 580 Å². The molecule has 2 heterocycles. The molecule has 25 heteroatoms. The van der Waals surface area contributed by atoms with Crippen molar-refractivity contribution in [2.45, 2.75) is 401 Å². The van der Waals surface area contributed by atoms with Crippen molar-refractivity contribution in [1.29, 1.82) is 0 Å². The Balaban J connectivity index is 1.73. The lowest BCUT2D eigenvalue weighted by Crippen LogP contribution is -2.69. The number of unbranched alkanes of at least 4 members (excludes halogenated alkanes) is 36. The van der Waals surface area contributed by atoms with E-state index in [1.165, 1.54) is 128 Å². The fraction of sp³-hybridized carbons (Fsp3) is 0.931. The summed E-state index contributed by atoms with van der Waals surface area (Å²) in [6.45, 7) is 3.44. The van der Waals surface area contributed by atoms with Crippen LogP contribution in [0.4, 0.5) is 0 Å². The summed E-state index contributed by atoms with van der Waals surface area (Å²) in [5, 5.41) is 110. The van der Waals surface area contributed by atoms with Crippen LogP contribution in [-0.4, -0.2) is 204 Å². The van der Waals surface area contributed by atoms with Crippen molar-refractivity contribution in [2.24, 2.45) is 0 Å². The van der Waals surface area contributed by atoms with Crippen molar-refractivity contribution < 1.29 is 117 Å². The molecule has 2 saturated heterocycles. The molecule has 18 unspecified atom stereocenters. The summed E-state index contributed by atoms with van der Waals surface area (Å²) >= 11 is 0. The zero-order valence-corrected chi connectivity index (χ0v) is 60.3. The van der Waals surface area contributed by atoms with Crippen LogP contribution in [0.3, 0.4) is 0 Å². The lowest BCUT2D eigenvalue weighted by atomic mass is 9.84. The Morgan fingerprint density at radius 2 is 0.722 bits per heavy atom. The molecule has 97 heavy (non-hydrogen) atoms. The van der Waals surface area contributed by atoms with Gasteiger partial charge in [0.2, 0.25) is 0 Å². The Morgan fingerprint density at radius 3 is 1.12 bits per heavy atom. The SMILES string of the molecule is CCCCCC/C=C\CCCCCCCCCC(=O)OCC1OC(OC2C(O)C(O)C(O)C(OC3OC(CO)C(O)C(O)C3O)C2OP(=O)(O)OCC(COC(=O)CCCCCCCCCCCCCCCC)OC(=O)CCCCCCCCCCCCCCC)C(O)C(O)C1O. The molecule has 1 aliphatic carbocycles. The predicted octanol–water partition coefficient (Wildman–Crippen LogP) is 10.4. The quantitative estimate of drug-likeness (QED) is 0.00886. The van der Waals surface area contributed by atoms with Crippen LogP contribution < -0.4 is 0 Å². The molecule has 0 aromatic rings. The average Bonchev–Trinajstić information content (AvgIpc) is 0.764. The molecular weight excluding hydrogens is 1280 g/mol. The number of phosphoric ester groups is 1. The van der Waals surface area contributed by atoms with E-state index in [0.717, 1.165) is 109 Å². The lowest BCUT2D eigenvalue weighted by Gasteiger charge is -2.49. The third-order valence-electron chi connectivity index (χ3n) is 18.8. The molecule has 0 spiro atoms. The Kier molecular flexibility index (Phi) is 49.8. The normalized spacial score (nSPS) is 27.8. The maximum Gasteiger partial charge on any atom is 0.472 e. The first-order valence-electron chi connectivity index (χ1n) is 38.0. The van der Waals surface area contributed by atoms with Crippen LogP contribution >= 0.6 is 7.82 Å². The van der Waals surface area contributed by atoms with Crippen LogP contribution in [0.15, 0.2) is 12.2 Å². The summed E-state index contributed by atoms with van der Waals surface area (Å²) in [4.78, 5) is 51.0. The highest BCUT2D eigenvalue weighted by Gasteiger charge is 2.58. The largest absolute Gasteiger partial charge is 0.472 e. The van der Waals surface area contributed by atoms with Gasteiger partial charge in [0.1, 0.15) is 98.7 Å². The number of hydrogen-bond donors (Lipinski definition) is 11. The molecule has 0 aromatic heterocycles. The molecule has 0 amide bonds. The second-order valence-corrected chi connectivity index (χ2v) is 28.8. The minimum absolute atomic E-state index is 0.0248. The van der Waals surface area contributed by atoms with Crippen LogP contribution in [0, 0.1) is 0 Å². The predicted molar refractivity (Wildman–Crippen MR) is 365 cm³/mol. The first-order chi connectivity index (χ1) is 46.8. The number of carbonyl (C=O) groups excluding carboxylic acids is 3. The van der Waals surface area contributed by atoms with Gasteiger partial charge in [-0.1, -0.05) is 245 Å². The van der Waals surface area contributed by atoms with Gasteiger partial charge < -0.3 is 89.1 Å². The van der Waals surface area contributed by atoms with Gasteiger partial charge in [-0.05, 0) is 44.9 Å². The number of allylic oxidation sites excluding steroid dienone is 2. The molecular formula is C72H133O24P. The number of aliphatic hydroxyl groups is 10. The molecule has 24 nitrogen and oxygen atoms in total. The molecule has 3 rings (SSSR count). The fourth-order valence-corrected chi connectivity index (χ4v) is 13.5. The van der Waals surface area contributed by atoms with Crippen molar-refractivity contribution in [2.75, 3.05) is 26.4 Å². The third-order valence-corrected chi connectivity index (χ3v) is 19.8. The van der Waals surface area contributed by atoms with E-state index in [4.69, 9.17) is 42.2 Å². The second-order valence-electron chi connectivity index (χ2n) is 27.4. The number of rotatable bonds is 59. The summed E-state index contributed by atoms with van der Waals surface area (Å²) in [5.41, 5.74) is 0. The van der Waals surface area contributed by atoms with Gasteiger partial charge in [-0.25, -0.2) is 4.57 Å². The Hall–Kier alpha value is -2.30. The summed E-state index contributed by atoms with van der Waals surface area (Å²) in [7, 11) is -5.69. The van der Waals surface area contributed by atoms with E-state index in [1.54, 1.807) is 0 Å². The van der Waals surface area contributed by atoms with Gasteiger partial charge in [0, 0.05) is 19.3 Å². The van der Waals surface area contributed by atoms with Gasteiger partial charge in [-0.3, -0.25) is 23.4 Å². The summed E-state index contributed by atoms with van der Waals surface area (Å²) < 4.78 is 65.0. The number of hydrogen-bond acceptors (Lipinski definition) is 23. The zero-order valence-electron chi connectivity index (χ0n) is 59.4. The van der Waals surface area contributed by atoms with E-state index in [2.05, 4.69) is 32.9 Å². The highest BCUT2D eigenvalue weighted by Crippen LogP contribution is 2.49. The minimum Gasteiger partial charge on any atom is -0.463 e. The lowest BCUT2D eigenvalue weighted by molar-refractivity contribution is -0.360. The van der Waals surface area contributed by atoms with Crippen molar-refractivity contribution in [3.05, 3.63) is 12.2 Å². The smallest absolute Gasteiger partial charge is 0.463 e. The minimum atomic E-state index is -5.69. The maximum atomic E-state index is 14.3. The summed E-state index contributed by atoms with van der Waals surface area (Å²) in [6.07, 6.45) is 12.7. The van der Waals surface area contributed by atoms with E-state index >= 15 is 0 Å². The van der Waals surface area contributed by atoms with Crippen LogP contribution in [0.5, 0.6) is 0 Å². The van der Waals surface area contributed by atoms with Gasteiger partial charge >= 0.3 is 25.7 Å². The Bertz CT molecular complexity index is 2060. The number of ether oxygens (including phenoxy) is 7. The number of aliphatic hydroxyl groups excluding tert-OH is 10. The number of carbonyl (C=O) groups is 3. The molecule has 0 radical (unpaired) electrons. The number of phosphoric acid groups is 1. The van der Waals surface area contributed by atoms with Gasteiger partial charge in [0.25, 0.3) is 0 Å². The Morgan fingerprint density at radius 1 is 0.392 bits per heavy atom. The zero-order chi connectivity index (χ0) is 71.1. The van der Waals surface area contributed by atoms with Crippen LogP contribution in [0.2, 0.25) is 0 Å². The first-order valence-corrected chi connectivity index (χ1v) is 39.5. The van der Waals surface area contributed by atoms with Gasteiger partial charge in [0.05, 0.1) is 13.2 Å². The van der Waals surface area contributed by atoms with Crippen molar-refractivity contribution >= 4 is 25.7 Å². The van der Waals surface area contributed by atoms with Gasteiger partial charge in [-0.15, -0.1) is 0 Å². The standard InChI is InChI=1S/C72H133O24P/c1-4-7-10-13-16-19-22-25-27-30-32-35-38-41-44-47-57(75)89-52-55-60(78)62(80)67(85)72(93-55)95-69-65(83)63(81)64(82)68(94-71-66(84)61(79)59(77)54(49-73)92-71)70(69)96-97(86,87)90-51-53(91-58(76)48-45-42-39-36-33-28-24-21-18-15-12-9-6-3)50-88-56(74)46-43-40-37-34-31-29-26-23-20-17-14-11-8-5-2/h19,22,53-55,59-73,77-85H,4-18,20-21,23-52H2,1-3H3,(H,86,87)/b22-19-. The third kappa shape index (κ3) is 37.6. The number of esters is 3. The monoisotopic (exact) mass is 1410 g/mol. The molecule has 18 atom stereocenters. The molecule has 3 fully saturated rings. The van der Waals surface area contributed by atoms with Crippen LogP contribution in [0.1, 0.15) is 297 Å².